The van der Waals surface area contributed by atoms with Gasteiger partial charge in [-0.25, -0.2) is 0 Å². The van der Waals surface area contributed by atoms with Crippen LogP contribution in [-0.4, -0.2) is 35.1 Å². The SMILES string of the molecule is CN(CC1(O)CCCC1)C(=O)c1cc(S)cs1. The molecule has 1 aliphatic carbocycles. The van der Waals surface area contributed by atoms with Gasteiger partial charge in [-0.2, -0.15) is 0 Å². The summed E-state index contributed by atoms with van der Waals surface area (Å²) < 4.78 is 0. The van der Waals surface area contributed by atoms with Crippen molar-refractivity contribution in [3.8, 4) is 0 Å². The molecule has 2 rings (SSSR count). The number of likely N-dealkylation sites (N-methyl/N-ethyl adjacent to an activating group) is 1. The standard InChI is InChI=1S/C12H17NO2S2/c1-13(8-12(15)4-2-3-5-12)11(14)10-6-9(16)7-17-10/h6-7,15-16H,2-5,8H2,1H3. The largest absolute Gasteiger partial charge is 0.388 e. The van der Waals surface area contributed by atoms with Crippen molar-refractivity contribution in [3.05, 3.63) is 16.3 Å². The van der Waals surface area contributed by atoms with E-state index in [-0.39, 0.29) is 5.91 Å². The zero-order chi connectivity index (χ0) is 12.5. The lowest BCUT2D eigenvalue weighted by Crippen LogP contribution is -2.41. The Kier molecular flexibility index (Phi) is 3.80. The molecule has 1 amide bonds. The lowest BCUT2D eigenvalue weighted by molar-refractivity contribution is 0.0158. The van der Waals surface area contributed by atoms with Crippen LogP contribution in [0.5, 0.6) is 0 Å². The zero-order valence-electron chi connectivity index (χ0n) is 9.85. The summed E-state index contributed by atoms with van der Waals surface area (Å²) in [5.41, 5.74) is -0.675. The predicted molar refractivity (Wildman–Crippen MR) is 71.9 cm³/mol. The molecule has 1 fully saturated rings. The summed E-state index contributed by atoms with van der Waals surface area (Å²) in [6.45, 7) is 0.422. The summed E-state index contributed by atoms with van der Waals surface area (Å²) in [6.07, 6.45) is 3.70. The third kappa shape index (κ3) is 3.03. The molecule has 1 aromatic heterocycles. The molecule has 1 saturated carbocycles. The fourth-order valence-corrected chi connectivity index (χ4v) is 3.47. The van der Waals surface area contributed by atoms with Gasteiger partial charge >= 0.3 is 0 Å². The Morgan fingerprint density at radius 3 is 2.76 bits per heavy atom. The Bertz CT molecular complexity index is 410. The van der Waals surface area contributed by atoms with Gasteiger partial charge in [0, 0.05) is 23.9 Å². The molecule has 1 aliphatic rings. The Morgan fingerprint density at radius 1 is 1.59 bits per heavy atom. The van der Waals surface area contributed by atoms with Gasteiger partial charge in [0.05, 0.1) is 10.5 Å². The molecule has 1 N–H and O–H groups in total. The third-order valence-corrected chi connectivity index (χ3v) is 4.56. The minimum atomic E-state index is -0.675. The monoisotopic (exact) mass is 271 g/mol. The van der Waals surface area contributed by atoms with E-state index < -0.39 is 5.60 Å². The second-order valence-corrected chi connectivity index (χ2v) is 6.19. The number of carbonyl (C=O) groups is 1. The van der Waals surface area contributed by atoms with Crippen molar-refractivity contribution in [2.75, 3.05) is 13.6 Å². The number of hydrogen-bond donors (Lipinski definition) is 2. The predicted octanol–water partition coefficient (Wildman–Crippen LogP) is 2.41. The van der Waals surface area contributed by atoms with Crippen LogP contribution < -0.4 is 0 Å². The van der Waals surface area contributed by atoms with Crippen molar-refractivity contribution in [1.82, 2.24) is 4.90 Å². The normalized spacial score (nSPS) is 18.3. The lowest BCUT2D eigenvalue weighted by Gasteiger charge is -2.28. The molecule has 0 unspecified atom stereocenters. The molecular weight excluding hydrogens is 254 g/mol. The average Bonchev–Trinajstić information content (AvgIpc) is 2.86. The highest BCUT2D eigenvalue weighted by atomic mass is 32.1. The van der Waals surface area contributed by atoms with Crippen LogP contribution in [0.2, 0.25) is 0 Å². The smallest absolute Gasteiger partial charge is 0.263 e. The first-order valence-corrected chi connectivity index (χ1v) is 7.08. The van der Waals surface area contributed by atoms with Gasteiger partial charge in [-0.1, -0.05) is 12.8 Å². The Balaban J connectivity index is 2.00. The molecule has 0 aromatic carbocycles. The molecular formula is C12H17NO2S2. The van der Waals surface area contributed by atoms with Gasteiger partial charge in [0.2, 0.25) is 0 Å². The number of aliphatic hydroxyl groups is 1. The van der Waals surface area contributed by atoms with Crippen molar-refractivity contribution < 1.29 is 9.90 Å². The van der Waals surface area contributed by atoms with Crippen LogP contribution in [0.1, 0.15) is 35.4 Å². The first-order chi connectivity index (χ1) is 8.00. The summed E-state index contributed by atoms with van der Waals surface area (Å²) in [5, 5.41) is 12.1. The van der Waals surface area contributed by atoms with Crippen molar-refractivity contribution in [3.63, 3.8) is 0 Å². The van der Waals surface area contributed by atoms with Crippen LogP contribution in [0.25, 0.3) is 0 Å². The summed E-state index contributed by atoms with van der Waals surface area (Å²) in [7, 11) is 1.75. The lowest BCUT2D eigenvalue weighted by atomic mass is 10.0. The minimum Gasteiger partial charge on any atom is -0.388 e. The Hall–Kier alpha value is -0.520. The first kappa shape index (κ1) is 12.9. The van der Waals surface area contributed by atoms with E-state index in [0.717, 1.165) is 30.6 Å². The molecule has 0 bridgehead atoms. The van der Waals surface area contributed by atoms with Crippen molar-refractivity contribution >= 4 is 29.9 Å². The Morgan fingerprint density at radius 2 is 2.24 bits per heavy atom. The second kappa shape index (κ2) is 5.00. The highest BCUT2D eigenvalue weighted by Crippen LogP contribution is 2.30. The fraction of sp³-hybridized carbons (Fsp3) is 0.583. The number of amides is 1. The number of thiophene rings is 1. The van der Waals surface area contributed by atoms with Gasteiger partial charge in [0.1, 0.15) is 0 Å². The highest BCUT2D eigenvalue weighted by Gasteiger charge is 2.33. The van der Waals surface area contributed by atoms with E-state index in [2.05, 4.69) is 12.6 Å². The van der Waals surface area contributed by atoms with Crippen LogP contribution in [0.15, 0.2) is 16.3 Å². The number of rotatable bonds is 3. The maximum atomic E-state index is 12.1. The molecule has 1 aromatic rings. The molecule has 0 saturated heterocycles. The Labute approximate surface area is 111 Å². The van der Waals surface area contributed by atoms with E-state index >= 15 is 0 Å². The van der Waals surface area contributed by atoms with Crippen molar-refractivity contribution in [1.29, 1.82) is 0 Å². The number of hydrogen-bond acceptors (Lipinski definition) is 4. The van der Waals surface area contributed by atoms with E-state index in [9.17, 15) is 9.90 Å². The quantitative estimate of drug-likeness (QED) is 0.829. The molecule has 17 heavy (non-hydrogen) atoms. The summed E-state index contributed by atoms with van der Waals surface area (Å²) >= 11 is 5.59. The number of thiol groups is 1. The molecule has 3 nitrogen and oxygen atoms in total. The van der Waals surface area contributed by atoms with Crippen molar-refractivity contribution in [2.45, 2.75) is 36.2 Å². The van der Waals surface area contributed by atoms with E-state index in [1.807, 2.05) is 5.38 Å². The van der Waals surface area contributed by atoms with E-state index in [4.69, 9.17) is 0 Å². The molecule has 1 heterocycles. The molecule has 0 spiro atoms. The van der Waals surface area contributed by atoms with E-state index in [1.165, 1.54) is 11.3 Å². The number of nitrogens with zero attached hydrogens (tertiary/aromatic N) is 1. The molecule has 0 aliphatic heterocycles. The van der Waals surface area contributed by atoms with Crippen LogP contribution in [0.4, 0.5) is 0 Å². The molecule has 0 radical (unpaired) electrons. The maximum absolute atomic E-state index is 12.1. The minimum absolute atomic E-state index is 0.0318. The fourth-order valence-electron chi connectivity index (χ4n) is 2.33. The van der Waals surface area contributed by atoms with Gasteiger partial charge in [0.25, 0.3) is 5.91 Å². The molecule has 5 heteroatoms. The second-order valence-electron chi connectivity index (χ2n) is 4.76. The maximum Gasteiger partial charge on any atom is 0.263 e. The van der Waals surface area contributed by atoms with Crippen molar-refractivity contribution in [2.24, 2.45) is 0 Å². The summed E-state index contributed by atoms with van der Waals surface area (Å²) in [6, 6.07) is 1.77. The van der Waals surface area contributed by atoms with Crippen LogP contribution in [0, 0.1) is 0 Å². The molecule has 94 valence electrons. The van der Waals surface area contributed by atoms with Gasteiger partial charge < -0.3 is 10.0 Å². The van der Waals surface area contributed by atoms with Gasteiger partial charge in [-0.3, -0.25) is 4.79 Å². The zero-order valence-corrected chi connectivity index (χ0v) is 11.6. The van der Waals surface area contributed by atoms with Gasteiger partial charge in [-0.15, -0.1) is 24.0 Å². The first-order valence-electron chi connectivity index (χ1n) is 5.75. The van der Waals surface area contributed by atoms with Gasteiger partial charge in [0.15, 0.2) is 0 Å². The average molecular weight is 271 g/mol. The molecule has 0 atom stereocenters. The summed E-state index contributed by atoms with van der Waals surface area (Å²) in [5.74, 6) is -0.0318. The highest BCUT2D eigenvalue weighted by molar-refractivity contribution is 7.80. The van der Waals surface area contributed by atoms with Crippen LogP contribution >= 0.6 is 24.0 Å². The van der Waals surface area contributed by atoms with Crippen LogP contribution in [0.3, 0.4) is 0 Å². The van der Waals surface area contributed by atoms with E-state index in [0.29, 0.717) is 11.4 Å². The van der Waals surface area contributed by atoms with Gasteiger partial charge in [-0.05, 0) is 18.9 Å². The topological polar surface area (TPSA) is 40.5 Å². The third-order valence-electron chi connectivity index (χ3n) is 3.21. The van der Waals surface area contributed by atoms with E-state index in [1.54, 1.807) is 18.0 Å². The van der Waals surface area contributed by atoms with Crippen LogP contribution in [-0.2, 0) is 0 Å². The summed E-state index contributed by atoms with van der Waals surface area (Å²) in [4.78, 5) is 15.2. The number of carbonyl (C=O) groups excluding carboxylic acids is 1.